The van der Waals surface area contributed by atoms with Crippen LogP contribution in [0.1, 0.15) is 5.56 Å². The van der Waals surface area contributed by atoms with Gasteiger partial charge in [0, 0.05) is 18.3 Å². The van der Waals surface area contributed by atoms with Crippen molar-refractivity contribution >= 4 is 23.4 Å². The van der Waals surface area contributed by atoms with Gasteiger partial charge in [-0.05, 0) is 6.07 Å². The minimum atomic E-state index is -1.51. The Hall–Kier alpha value is -2.57. The van der Waals surface area contributed by atoms with Gasteiger partial charge in [-0.25, -0.2) is 10.2 Å². The van der Waals surface area contributed by atoms with Crippen LogP contribution in [0, 0.1) is 0 Å². The monoisotopic (exact) mass is 235 g/mol. The molecule has 0 spiro atoms. The number of aliphatic carboxylic acids is 1. The van der Waals surface area contributed by atoms with Crippen LogP contribution in [-0.4, -0.2) is 24.8 Å². The van der Waals surface area contributed by atoms with Crippen molar-refractivity contribution in [1.82, 2.24) is 5.43 Å². The summed E-state index contributed by atoms with van der Waals surface area (Å²) >= 11 is 0. The molecule has 90 valence electrons. The summed E-state index contributed by atoms with van der Waals surface area (Å²) in [6, 6.07) is 5.61. The molecule has 0 bridgehead atoms. The minimum absolute atomic E-state index is 0.295. The van der Waals surface area contributed by atoms with Crippen LogP contribution in [0.2, 0.25) is 0 Å². The molecule has 17 heavy (non-hydrogen) atoms. The zero-order valence-corrected chi connectivity index (χ0v) is 9.06. The predicted octanol–water partition coefficient (Wildman–Crippen LogP) is -1.15. The molecule has 1 rings (SSSR count). The van der Waals surface area contributed by atoms with E-state index in [0.29, 0.717) is 11.3 Å². The smallest absolute Gasteiger partial charge is 0.332 e. The Morgan fingerprint density at radius 2 is 2.00 bits per heavy atom. The summed E-state index contributed by atoms with van der Waals surface area (Å²) in [6.45, 7) is 0. The summed E-state index contributed by atoms with van der Waals surface area (Å²) in [5, 5.41) is 17.1. The van der Waals surface area contributed by atoms with Crippen molar-refractivity contribution in [3.05, 3.63) is 29.8 Å². The first-order chi connectivity index (χ1) is 8.06. The van der Waals surface area contributed by atoms with Crippen molar-refractivity contribution in [3.63, 3.8) is 0 Å². The van der Waals surface area contributed by atoms with E-state index in [1.807, 2.05) is 5.43 Å². The van der Waals surface area contributed by atoms with Crippen molar-refractivity contribution in [2.24, 2.45) is 10.8 Å². The molecular weight excluding hydrogens is 224 g/mol. The molecule has 7 heteroatoms. The van der Waals surface area contributed by atoms with Crippen molar-refractivity contribution < 1.29 is 14.7 Å². The van der Waals surface area contributed by atoms with Gasteiger partial charge in [-0.2, -0.15) is 5.10 Å². The Bertz CT molecular complexity index is 470. The second-order valence-corrected chi connectivity index (χ2v) is 3.02. The van der Waals surface area contributed by atoms with Gasteiger partial charge in [0.15, 0.2) is 0 Å². The number of carboxylic acid groups (broad SMARTS) is 1. The van der Waals surface area contributed by atoms with Gasteiger partial charge in [0.1, 0.15) is 5.71 Å². The lowest BCUT2D eigenvalue weighted by Crippen LogP contribution is -2.36. The van der Waals surface area contributed by atoms with Gasteiger partial charge < -0.3 is 21.0 Å². The molecule has 1 aromatic rings. The van der Waals surface area contributed by atoms with Crippen LogP contribution in [0.4, 0.5) is 10.5 Å². The number of nitrogens with one attached hydrogen (secondary N) is 2. The first-order valence-electron chi connectivity index (χ1n) is 4.68. The highest BCUT2D eigenvalue weighted by molar-refractivity contribution is 6.43. The van der Waals surface area contributed by atoms with E-state index in [-0.39, 0.29) is 0 Å². The van der Waals surface area contributed by atoms with Gasteiger partial charge in [0.2, 0.25) is 0 Å². The number of carbonyl (C=O) groups excluding carboxylic acids is 2. The fourth-order valence-corrected chi connectivity index (χ4v) is 1.23. The van der Waals surface area contributed by atoms with Crippen LogP contribution in [0.15, 0.2) is 29.4 Å². The van der Waals surface area contributed by atoms with Crippen LogP contribution in [0.3, 0.4) is 0 Å². The summed E-state index contributed by atoms with van der Waals surface area (Å²) in [7, 11) is 1.63. The maximum absolute atomic E-state index is 10.9. The van der Waals surface area contributed by atoms with Gasteiger partial charge >= 0.3 is 6.03 Å². The van der Waals surface area contributed by atoms with E-state index in [9.17, 15) is 14.7 Å². The Morgan fingerprint density at radius 3 is 2.53 bits per heavy atom. The SMILES string of the molecule is CNc1ccccc1/C(=N\NC(N)=O)C(=O)[O-]. The lowest BCUT2D eigenvalue weighted by molar-refractivity contribution is -0.294. The molecule has 4 N–H and O–H groups in total. The third-order valence-corrected chi connectivity index (χ3v) is 1.92. The zero-order valence-electron chi connectivity index (χ0n) is 9.06. The predicted molar refractivity (Wildman–Crippen MR) is 60.3 cm³/mol. The second-order valence-electron chi connectivity index (χ2n) is 3.02. The summed E-state index contributed by atoms with van der Waals surface area (Å²) in [4.78, 5) is 21.4. The van der Waals surface area contributed by atoms with E-state index in [2.05, 4.69) is 10.4 Å². The van der Waals surface area contributed by atoms with E-state index in [1.165, 1.54) is 6.07 Å². The number of rotatable bonds is 4. The number of urea groups is 1. The molecule has 0 aromatic heterocycles. The highest BCUT2D eigenvalue weighted by Gasteiger charge is 2.09. The van der Waals surface area contributed by atoms with Crippen LogP contribution < -0.4 is 21.6 Å². The topological polar surface area (TPSA) is 120 Å². The number of benzene rings is 1. The first-order valence-corrected chi connectivity index (χ1v) is 4.68. The minimum Gasteiger partial charge on any atom is -0.543 e. The summed E-state index contributed by atoms with van der Waals surface area (Å²) in [5.74, 6) is -1.51. The highest BCUT2D eigenvalue weighted by atomic mass is 16.4. The lowest BCUT2D eigenvalue weighted by atomic mass is 10.1. The number of hydrogen-bond donors (Lipinski definition) is 3. The molecule has 0 aliphatic rings. The van der Waals surface area contributed by atoms with Gasteiger partial charge in [0.05, 0.1) is 5.97 Å². The van der Waals surface area contributed by atoms with Crippen molar-refractivity contribution in [2.75, 3.05) is 12.4 Å². The number of para-hydroxylation sites is 1. The summed E-state index contributed by atoms with van der Waals surface area (Å²) in [6.07, 6.45) is 0. The first kappa shape index (κ1) is 12.5. The average molecular weight is 235 g/mol. The van der Waals surface area contributed by atoms with Crippen LogP contribution in [0.5, 0.6) is 0 Å². The number of nitrogens with two attached hydrogens (primary N) is 1. The normalized spacial score (nSPS) is 10.8. The van der Waals surface area contributed by atoms with Crippen LogP contribution in [0.25, 0.3) is 0 Å². The summed E-state index contributed by atoms with van der Waals surface area (Å²) < 4.78 is 0. The molecule has 0 aliphatic carbocycles. The lowest BCUT2D eigenvalue weighted by Gasteiger charge is -2.12. The average Bonchev–Trinajstić information content (AvgIpc) is 2.29. The largest absolute Gasteiger partial charge is 0.543 e. The standard InChI is InChI=1S/C10H12N4O3/c1-12-7-5-3-2-4-6(7)8(9(15)16)13-14-10(11)17/h2-5,12H,1H3,(H,15,16)(H3,11,14,17)/p-1/b13-8+. The molecule has 0 saturated carbocycles. The number of hydrazone groups is 1. The molecular formula is C10H11N4O3-. The van der Waals surface area contributed by atoms with Gasteiger partial charge in [0.25, 0.3) is 0 Å². The molecule has 0 fully saturated rings. The zero-order chi connectivity index (χ0) is 12.8. The van der Waals surface area contributed by atoms with E-state index >= 15 is 0 Å². The Morgan fingerprint density at radius 1 is 1.35 bits per heavy atom. The van der Waals surface area contributed by atoms with Gasteiger partial charge in [-0.15, -0.1) is 0 Å². The third kappa shape index (κ3) is 3.20. The number of amides is 2. The number of nitrogens with zero attached hydrogens (tertiary/aromatic N) is 1. The molecule has 0 heterocycles. The fraction of sp³-hybridized carbons (Fsp3) is 0.100. The summed E-state index contributed by atoms with van der Waals surface area (Å²) in [5.41, 5.74) is 7.09. The van der Waals surface area contributed by atoms with E-state index in [1.54, 1.807) is 25.2 Å². The molecule has 0 atom stereocenters. The molecule has 0 saturated heterocycles. The Labute approximate surface area is 97.3 Å². The van der Waals surface area contributed by atoms with Crippen LogP contribution in [-0.2, 0) is 4.79 Å². The van der Waals surface area contributed by atoms with Gasteiger partial charge in [-0.1, -0.05) is 18.2 Å². The Kier molecular flexibility index (Phi) is 4.04. The number of carboxylic acids is 1. The van der Waals surface area contributed by atoms with E-state index in [4.69, 9.17) is 5.73 Å². The molecule has 0 radical (unpaired) electrons. The molecule has 2 amide bonds. The number of primary amides is 1. The third-order valence-electron chi connectivity index (χ3n) is 1.92. The number of anilines is 1. The molecule has 7 nitrogen and oxygen atoms in total. The highest BCUT2D eigenvalue weighted by Crippen LogP contribution is 2.14. The van der Waals surface area contributed by atoms with Crippen molar-refractivity contribution in [3.8, 4) is 0 Å². The maximum atomic E-state index is 10.9. The Balaban J connectivity index is 3.18. The molecule has 0 unspecified atom stereocenters. The van der Waals surface area contributed by atoms with Crippen LogP contribution >= 0.6 is 0 Å². The molecule has 1 aromatic carbocycles. The fourth-order valence-electron chi connectivity index (χ4n) is 1.23. The number of hydrogen-bond acceptors (Lipinski definition) is 5. The van der Waals surface area contributed by atoms with Crippen molar-refractivity contribution in [2.45, 2.75) is 0 Å². The molecule has 0 aliphatic heterocycles. The second kappa shape index (κ2) is 5.50. The quantitative estimate of drug-likeness (QED) is 0.451. The number of carbonyl (C=O) groups is 2. The maximum Gasteiger partial charge on any atom is 0.332 e. The van der Waals surface area contributed by atoms with Crippen molar-refractivity contribution in [1.29, 1.82) is 0 Å². The van der Waals surface area contributed by atoms with E-state index < -0.39 is 17.7 Å². The van der Waals surface area contributed by atoms with E-state index in [0.717, 1.165) is 0 Å². The van der Waals surface area contributed by atoms with Gasteiger partial charge in [-0.3, -0.25) is 0 Å².